The van der Waals surface area contributed by atoms with E-state index in [2.05, 4.69) is 46.7 Å². The molecule has 0 aliphatic carbocycles. The van der Waals surface area contributed by atoms with Crippen LogP contribution in [0.3, 0.4) is 0 Å². The molecule has 0 spiro atoms. The van der Waals surface area contributed by atoms with Gasteiger partial charge < -0.3 is 9.67 Å². The molecule has 114 valence electrons. The van der Waals surface area contributed by atoms with Crippen LogP contribution in [0.5, 0.6) is 0 Å². The fourth-order valence-electron chi connectivity index (χ4n) is 5.21. The fourth-order valence-corrected chi connectivity index (χ4v) is 5.21. The second kappa shape index (κ2) is 4.46. The maximum absolute atomic E-state index is 10.2. The van der Waals surface area contributed by atoms with Crippen LogP contribution in [0.4, 0.5) is 0 Å². The highest BCUT2D eigenvalue weighted by Crippen LogP contribution is 2.52. The zero-order valence-corrected chi connectivity index (χ0v) is 13.0. The van der Waals surface area contributed by atoms with Crippen molar-refractivity contribution in [2.45, 2.75) is 31.8 Å². The van der Waals surface area contributed by atoms with E-state index >= 15 is 0 Å². The molecule has 1 fully saturated rings. The zero-order chi connectivity index (χ0) is 14.8. The summed E-state index contributed by atoms with van der Waals surface area (Å²) in [7, 11) is 0. The molecule has 3 nitrogen and oxygen atoms in total. The number of benzene rings is 1. The molecule has 0 unspecified atom stereocenters. The van der Waals surface area contributed by atoms with Gasteiger partial charge >= 0.3 is 0 Å². The van der Waals surface area contributed by atoms with Crippen LogP contribution in [0.2, 0.25) is 0 Å². The monoisotopic (exact) mass is 294 g/mol. The van der Waals surface area contributed by atoms with Crippen LogP contribution in [0.15, 0.2) is 35.9 Å². The predicted octanol–water partition coefficient (Wildman–Crippen LogP) is 3.05. The summed E-state index contributed by atoms with van der Waals surface area (Å²) in [5.74, 6) is 0.491. The number of rotatable bonds is 1. The number of hydrogen-bond acceptors (Lipinski definition) is 2. The molecule has 1 saturated heterocycles. The number of para-hydroxylation sites is 1. The van der Waals surface area contributed by atoms with Gasteiger partial charge in [-0.05, 0) is 31.4 Å². The van der Waals surface area contributed by atoms with Gasteiger partial charge in [0.05, 0.1) is 18.7 Å². The minimum atomic E-state index is 0.205. The van der Waals surface area contributed by atoms with Gasteiger partial charge in [0.15, 0.2) is 0 Å². The molecule has 0 amide bonds. The highest BCUT2D eigenvalue weighted by Gasteiger charge is 2.46. The van der Waals surface area contributed by atoms with Gasteiger partial charge in [0.1, 0.15) is 0 Å². The van der Waals surface area contributed by atoms with Crippen molar-refractivity contribution in [3.63, 3.8) is 0 Å². The summed E-state index contributed by atoms with van der Waals surface area (Å²) in [6, 6.07) is 9.53. The highest BCUT2D eigenvalue weighted by molar-refractivity contribution is 5.86. The number of piperidine rings is 1. The molecule has 3 heteroatoms. The first-order valence-electron chi connectivity index (χ1n) is 8.45. The van der Waals surface area contributed by atoms with Crippen molar-refractivity contribution >= 4 is 10.9 Å². The third-order valence-corrected chi connectivity index (χ3v) is 6.16. The lowest BCUT2D eigenvalue weighted by atomic mass is 9.75. The molecule has 1 aromatic carbocycles. The third kappa shape index (κ3) is 1.43. The van der Waals surface area contributed by atoms with Gasteiger partial charge in [-0.2, -0.15) is 0 Å². The predicted molar refractivity (Wildman–Crippen MR) is 87.9 cm³/mol. The molecule has 2 bridgehead atoms. The van der Waals surface area contributed by atoms with Crippen LogP contribution in [0.25, 0.3) is 10.9 Å². The van der Waals surface area contributed by atoms with Crippen LogP contribution in [-0.2, 0) is 6.42 Å². The Morgan fingerprint density at radius 2 is 2.18 bits per heavy atom. The molecule has 22 heavy (non-hydrogen) atoms. The van der Waals surface area contributed by atoms with Crippen LogP contribution >= 0.6 is 0 Å². The molecule has 3 atom stereocenters. The molecule has 2 aromatic rings. The third-order valence-electron chi connectivity index (χ3n) is 6.16. The first kappa shape index (κ1) is 12.9. The normalized spacial score (nSPS) is 31.9. The van der Waals surface area contributed by atoms with Crippen molar-refractivity contribution in [2.75, 3.05) is 19.7 Å². The molecule has 1 N–H and O–H groups in total. The molecular formula is C19H22N2O. The van der Waals surface area contributed by atoms with Gasteiger partial charge in [0.2, 0.25) is 0 Å². The van der Waals surface area contributed by atoms with Crippen molar-refractivity contribution in [1.82, 2.24) is 9.47 Å². The Morgan fingerprint density at radius 3 is 3.00 bits per heavy atom. The number of allylic oxidation sites excluding steroid dienone is 1. The number of aromatic nitrogens is 1. The van der Waals surface area contributed by atoms with E-state index in [-0.39, 0.29) is 12.6 Å². The first-order chi connectivity index (χ1) is 10.8. The van der Waals surface area contributed by atoms with Gasteiger partial charge in [0.25, 0.3) is 0 Å². The Bertz CT molecular complexity index is 788. The maximum atomic E-state index is 10.2. The van der Waals surface area contributed by atoms with Crippen LogP contribution in [-0.4, -0.2) is 34.3 Å². The maximum Gasteiger partial charge on any atom is 0.0645 e. The van der Waals surface area contributed by atoms with E-state index in [4.69, 9.17) is 0 Å². The van der Waals surface area contributed by atoms with E-state index < -0.39 is 0 Å². The van der Waals surface area contributed by atoms with E-state index in [1.165, 1.54) is 40.7 Å². The summed E-state index contributed by atoms with van der Waals surface area (Å²) in [6.45, 7) is 4.64. The topological polar surface area (TPSA) is 28.4 Å². The quantitative estimate of drug-likeness (QED) is 0.819. The van der Waals surface area contributed by atoms with Crippen LogP contribution < -0.4 is 0 Å². The van der Waals surface area contributed by atoms with E-state index in [1.807, 2.05) is 0 Å². The minimum absolute atomic E-state index is 0.205. The lowest BCUT2D eigenvalue weighted by Crippen LogP contribution is -2.49. The summed E-state index contributed by atoms with van der Waals surface area (Å²) < 4.78 is 2.48. The zero-order valence-electron chi connectivity index (χ0n) is 13.0. The number of aliphatic hydroxyl groups excluding tert-OH is 1. The van der Waals surface area contributed by atoms with Crippen LogP contribution in [0.1, 0.15) is 36.7 Å². The fraction of sp³-hybridized carbons (Fsp3) is 0.474. The largest absolute Gasteiger partial charge is 0.394 e. The minimum Gasteiger partial charge on any atom is -0.394 e. The number of nitrogens with zero attached hydrogens (tertiary/aromatic N) is 2. The summed E-state index contributed by atoms with van der Waals surface area (Å²) in [6.07, 6.45) is 4.60. The van der Waals surface area contributed by atoms with Gasteiger partial charge in [0, 0.05) is 35.6 Å². The number of hydrogen-bond donors (Lipinski definition) is 1. The molecule has 5 rings (SSSR count). The van der Waals surface area contributed by atoms with E-state index in [0.717, 1.165) is 13.0 Å². The van der Waals surface area contributed by atoms with E-state index in [9.17, 15) is 5.11 Å². The van der Waals surface area contributed by atoms with Crippen molar-refractivity contribution < 1.29 is 5.11 Å². The summed E-state index contributed by atoms with van der Waals surface area (Å²) in [5, 5.41) is 11.6. The van der Waals surface area contributed by atoms with Crippen molar-refractivity contribution in [3.8, 4) is 0 Å². The summed E-state index contributed by atoms with van der Waals surface area (Å²) in [4.78, 5) is 2.65. The molecule has 0 radical (unpaired) electrons. The summed E-state index contributed by atoms with van der Waals surface area (Å²) >= 11 is 0. The molecule has 3 aliphatic rings. The van der Waals surface area contributed by atoms with E-state index in [1.54, 1.807) is 0 Å². The standard InChI is InChI=1S/C19H22N2O/c1-2-12-10-20-8-7-14-13-5-3-4-6-16(13)21-18(11-22)15(12)9-17(20)19(14)21/h2-6,15,17-18,22H,7-11H2,1H3/t15-,17-,18-/m0/s1. The second-order valence-corrected chi connectivity index (χ2v) is 6.94. The Kier molecular flexibility index (Phi) is 2.62. The Morgan fingerprint density at radius 1 is 1.32 bits per heavy atom. The Balaban J connectivity index is 1.86. The van der Waals surface area contributed by atoms with Gasteiger partial charge in [-0.1, -0.05) is 29.8 Å². The number of fused-ring (bicyclic) bond motifs is 4. The second-order valence-electron chi connectivity index (χ2n) is 6.94. The Hall–Kier alpha value is -1.58. The highest BCUT2D eigenvalue weighted by atomic mass is 16.3. The average Bonchev–Trinajstić information content (AvgIpc) is 2.90. The molecular weight excluding hydrogens is 272 g/mol. The van der Waals surface area contributed by atoms with Crippen molar-refractivity contribution in [3.05, 3.63) is 47.2 Å². The lowest BCUT2D eigenvalue weighted by Gasteiger charge is -2.51. The molecule has 1 aromatic heterocycles. The smallest absolute Gasteiger partial charge is 0.0645 e. The first-order valence-corrected chi connectivity index (χ1v) is 8.45. The summed E-state index contributed by atoms with van der Waals surface area (Å²) in [5.41, 5.74) is 5.87. The molecule has 3 aliphatic heterocycles. The van der Waals surface area contributed by atoms with Crippen molar-refractivity contribution in [1.29, 1.82) is 0 Å². The SMILES string of the molecule is CC=C1CN2CCc3c4n(c5ccccc35)[C@@H](CO)[C@H]1C[C@@H]42. The molecule has 4 heterocycles. The van der Waals surface area contributed by atoms with E-state index in [0.29, 0.717) is 12.0 Å². The van der Waals surface area contributed by atoms with Gasteiger partial charge in [-0.3, -0.25) is 4.90 Å². The van der Waals surface area contributed by atoms with Gasteiger partial charge in [-0.25, -0.2) is 0 Å². The molecule has 0 saturated carbocycles. The van der Waals surface area contributed by atoms with Crippen molar-refractivity contribution in [2.24, 2.45) is 5.92 Å². The lowest BCUT2D eigenvalue weighted by molar-refractivity contribution is 0.0662. The Labute approximate surface area is 130 Å². The van der Waals surface area contributed by atoms with Gasteiger partial charge in [-0.15, -0.1) is 0 Å². The van der Waals surface area contributed by atoms with Crippen LogP contribution in [0, 0.1) is 5.92 Å². The number of aliphatic hydroxyl groups is 1. The average molecular weight is 294 g/mol.